The summed E-state index contributed by atoms with van der Waals surface area (Å²) in [5.74, 6) is -1.69. The van der Waals surface area contributed by atoms with Gasteiger partial charge in [-0.1, -0.05) is 0 Å². The van der Waals surface area contributed by atoms with Gasteiger partial charge in [0.1, 0.15) is 23.7 Å². The molecule has 3 saturated heterocycles. The predicted molar refractivity (Wildman–Crippen MR) is 118 cm³/mol. The molecule has 196 valence electrons. The number of rotatable bonds is 5. The molecule has 12 heteroatoms. The Morgan fingerprint density at radius 3 is 2.30 bits per heavy atom. The van der Waals surface area contributed by atoms with E-state index < -0.39 is 57.3 Å². The molecule has 8 rings (SSSR count). The molecule has 7 aliphatic rings. The van der Waals surface area contributed by atoms with Gasteiger partial charge in [-0.25, -0.2) is 0 Å². The van der Waals surface area contributed by atoms with E-state index in [9.17, 15) is 27.6 Å². The smallest absolute Gasteiger partial charge is 0.331 e. The quantitative estimate of drug-likeness (QED) is 0.251. The lowest BCUT2D eigenvalue weighted by Gasteiger charge is -2.54. The van der Waals surface area contributed by atoms with Gasteiger partial charge in [0.25, 0.3) is 10.1 Å². The molecule has 7 unspecified atom stereocenters. The molecule has 7 fully saturated rings. The molecule has 11 nitrogen and oxygen atoms in total. The fraction of sp³-hybridized carbons (Fsp3) is 0.600. The molecule has 37 heavy (non-hydrogen) atoms. The maximum atomic E-state index is 13.5. The summed E-state index contributed by atoms with van der Waals surface area (Å²) in [4.78, 5) is 51.7. The van der Waals surface area contributed by atoms with Gasteiger partial charge in [0.2, 0.25) is 0 Å². The van der Waals surface area contributed by atoms with Crippen molar-refractivity contribution in [1.82, 2.24) is 0 Å². The molecule has 0 spiro atoms. The van der Waals surface area contributed by atoms with Crippen molar-refractivity contribution in [1.29, 1.82) is 0 Å². The summed E-state index contributed by atoms with van der Waals surface area (Å²) in [6, 6.07) is 4.50. The molecular weight excluding hydrogens is 508 g/mol. The molecule has 0 amide bonds. The average molecular weight is 533 g/mol. The van der Waals surface area contributed by atoms with E-state index in [1.165, 1.54) is 12.1 Å². The summed E-state index contributed by atoms with van der Waals surface area (Å²) in [6.07, 6.45) is -0.205. The zero-order valence-electron chi connectivity index (χ0n) is 19.5. The Bertz CT molecular complexity index is 1330. The minimum atomic E-state index is -4.42. The summed E-state index contributed by atoms with van der Waals surface area (Å²) in [6.45, 7) is 0. The first-order valence-electron chi connectivity index (χ1n) is 12.4. The summed E-state index contributed by atoms with van der Waals surface area (Å²) in [5, 5.41) is 0. The maximum Gasteiger partial charge on any atom is 0.331 e. The normalized spacial score (nSPS) is 42.7. The van der Waals surface area contributed by atoms with Crippen LogP contribution in [0.2, 0.25) is 0 Å². The lowest BCUT2D eigenvalue weighted by molar-refractivity contribution is -0.185. The zero-order valence-corrected chi connectivity index (χ0v) is 20.3. The molecular formula is C25H24O11S. The van der Waals surface area contributed by atoms with E-state index in [2.05, 4.69) is 0 Å². The van der Waals surface area contributed by atoms with Crippen molar-refractivity contribution in [2.24, 2.45) is 28.6 Å². The van der Waals surface area contributed by atoms with Gasteiger partial charge in [-0.15, -0.1) is 0 Å². The predicted octanol–water partition coefficient (Wildman–Crippen LogP) is 1.23. The number of esters is 3. The molecule has 1 aromatic carbocycles. The van der Waals surface area contributed by atoms with E-state index in [-0.39, 0.29) is 40.7 Å². The number of hydrogen-bond acceptors (Lipinski definition) is 10. The molecule has 0 radical (unpaired) electrons. The van der Waals surface area contributed by atoms with Crippen LogP contribution < -0.4 is 4.74 Å². The summed E-state index contributed by atoms with van der Waals surface area (Å²) < 4.78 is 54.3. The number of hydrogen-bond donors (Lipinski definition) is 1. The number of benzene rings is 1. The Morgan fingerprint density at radius 2 is 1.65 bits per heavy atom. The van der Waals surface area contributed by atoms with Crippen LogP contribution in [0.25, 0.3) is 0 Å². The minimum absolute atomic E-state index is 0.0230. The Balaban J connectivity index is 1.07. The van der Waals surface area contributed by atoms with Crippen molar-refractivity contribution in [3.8, 4) is 5.75 Å². The van der Waals surface area contributed by atoms with Crippen molar-refractivity contribution in [2.75, 3.05) is 0 Å². The number of Topliss-reactive ketones (excluding diaryl/α,β-unsaturated/α-hetero) is 1. The first kappa shape index (κ1) is 23.3. The van der Waals surface area contributed by atoms with Gasteiger partial charge >= 0.3 is 17.9 Å². The van der Waals surface area contributed by atoms with Crippen LogP contribution in [-0.4, -0.2) is 61.1 Å². The van der Waals surface area contributed by atoms with Crippen molar-refractivity contribution in [3.63, 3.8) is 0 Å². The van der Waals surface area contributed by atoms with E-state index in [1.54, 1.807) is 0 Å². The first-order chi connectivity index (χ1) is 17.5. The third kappa shape index (κ3) is 3.15. The third-order valence-corrected chi connectivity index (χ3v) is 10.2. The Morgan fingerprint density at radius 1 is 0.973 bits per heavy atom. The molecule has 3 aliphatic heterocycles. The van der Waals surface area contributed by atoms with Crippen LogP contribution in [0.3, 0.4) is 0 Å². The average Bonchev–Trinajstić information content (AvgIpc) is 3.44. The first-order valence-corrected chi connectivity index (χ1v) is 13.9. The Labute approximate surface area is 211 Å². The standard InChI is InChI=1S/C25H24O11S/c26-17-12-5-11-6-13(17)9-24(7-11,8-12)21(27)35-18-16-10-25(20(34-16)19(18)36-23(25)29)22(28)33-14-1-3-15(4-2-14)37(30,31)32/h1-4,11-13,16,18-20H,5-10H2,(H,30,31,32). The van der Waals surface area contributed by atoms with E-state index in [4.69, 9.17) is 23.5 Å². The van der Waals surface area contributed by atoms with Gasteiger partial charge < -0.3 is 18.9 Å². The third-order valence-electron chi connectivity index (χ3n) is 9.29. The topological polar surface area (TPSA) is 160 Å². The highest BCUT2D eigenvalue weighted by atomic mass is 32.2. The van der Waals surface area contributed by atoms with Crippen LogP contribution in [0.5, 0.6) is 5.75 Å². The molecule has 3 heterocycles. The van der Waals surface area contributed by atoms with Crippen LogP contribution in [0.15, 0.2) is 29.2 Å². The second kappa shape index (κ2) is 7.39. The fourth-order valence-electron chi connectivity index (χ4n) is 7.83. The zero-order chi connectivity index (χ0) is 25.9. The highest BCUT2D eigenvalue weighted by Crippen LogP contribution is 2.60. The highest BCUT2D eigenvalue weighted by molar-refractivity contribution is 7.85. The number of ether oxygens (including phenoxy) is 4. The van der Waals surface area contributed by atoms with Crippen LogP contribution in [0.1, 0.15) is 38.5 Å². The van der Waals surface area contributed by atoms with Crippen molar-refractivity contribution >= 4 is 33.8 Å². The number of carbonyl (C=O) groups excluding carboxylic acids is 4. The van der Waals surface area contributed by atoms with E-state index >= 15 is 0 Å². The fourth-order valence-corrected chi connectivity index (χ4v) is 8.31. The Hall–Kier alpha value is -2.83. The highest BCUT2D eigenvalue weighted by Gasteiger charge is 2.77. The van der Waals surface area contributed by atoms with Gasteiger partial charge in [0.15, 0.2) is 17.6 Å². The molecule has 4 saturated carbocycles. The number of carbonyl (C=O) groups is 4. The van der Waals surface area contributed by atoms with Crippen LogP contribution in [0, 0.1) is 28.6 Å². The Kier molecular flexibility index (Phi) is 4.65. The van der Waals surface area contributed by atoms with Gasteiger partial charge in [0.05, 0.1) is 10.3 Å². The molecule has 1 N–H and O–H groups in total. The van der Waals surface area contributed by atoms with Crippen molar-refractivity contribution in [2.45, 2.75) is 67.8 Å². The SMILES string of the molecule is O=C1C2CC3CC1CC(C(=O)OC1C4CC5(C(=O)Oc6ccc(S(=O)(=O)O)cc6)C(=O)OC1C5O4)(C3)C2. The minimum Gasteiger partial charge on any atom is -0.455 e. The second-order valence-electron chi connectivity index (χ2n) is 11.4. The van der Waals surface area contributed by atoms with Gasteiger partial charge in [-0.05, 0) is 62.3 Å². The molecule has 0 aromatic heterocycles. The lowest BCUT2D eigenvalue weighted by Crippen LogP contribution is -2.56. The maximum absolute atomic E-state index is 13.5. The van der Waals surface area contributed by atoms with Crippen molar-refractivity contribution in [3.05, 3.63) is 24.3 Å². The molecule has 4 aliphatic carbocycles. The largest absolute Gasteiger partial charge is 0.455 e. The van der Waals surface area contributed by atoms with E-state index in [0.717, 1.165) is 25.0 Å². The molecule has 1 aromatic rings. The molecule has 6 bridgehead atoms. The second-order valence-corrected chi connectivity index (χ2v) is 12.8. The number of ketones is 1. The van der Waals surface area contributed by atoms with Crippen molar-refractivity contribution < 1.29 is 51.1 Å². The van der Waals surface area contributed by atoms with Crippen LogP contribution in [0.4, 0.5) is 0 Å². The van der Waals surface area contributed by atoms with Crippen LogP contribution >= 0.6 is 0 Å². The molecule has 7 atom stereocenters. The van der Waals surface area contributed by atoms with Gasteiger partial charge in [0, 0.05) is 18.3 Å². The monoisotopic (exact) mass is 532 g/mol. The van der Waals surface area contributed by atoms with E-state index in [0.29, 0.717) is 25.2 Å². The van der Waals surface area contributed by atoms with Gasteiger partial charge in [-0.3, -0.25) is 23.7 Å². The number of fused-ring (bicyclic) bond motifs is 1. The summed E-state index contributed by atoms with van der Waals surface area (Å²) in [5.41, 5.74) is -2.41. The lowest BCUT2D eigenvalue weighted by atomic mass is 9.49. The summed E-state index contributed by atoms with van der Waals surface area (Å²) >= 11 is 0. The van der Waals surface area contributed by atoms with Gasteiger partial charge in [-0.2, -0.15) is 8.42 Å². The van der Waals surface area contributed by atoms with E-state index in [1.807, 2.05) is 0 Å². The summed E-state index contributed by atoms with van der Waals surface area (Å²) in [7, 11) is -4.42. The van der Waals surface area contributed by atoms with Crippen LogP contribution in [-0.2, 0) is 43.5 Å².